The van der Waals surface area contributed by atoms with E-state index in [-0.39, 0.29) is 6.42 Å². The fraction of sp³-hybridized carbons (Fsp3) is 0.375. The molecule has 0 bridgehead atoms. The van der Waals surface area contributed by atoms with E-state index in [1.165, 1.54) is 0 Å². The summed E-state index contributed by atoms with van der Waals surface area (Å²) in [4.78, 5) is 10.8. The molecular weight excluding hydrogens is 284 g/mol. The van der Waals surface area contributed by atoms with Gasteiger partial charge in [-0.15, -0.1) is 0 Å². The molecule has 6 heteroatoms. The highest BCUT2D eigenvalue weighted by Gasteiger charge is 2.17. The van der Waals surface area contributed by atoms with Gasteiger partial charge in [0.15, 0.2) is 0 Å². The van der Waals surface area contributed by atoms with Crippen LogP contribution in [0.1, 0.15) is 23.4 Å². The maximum Gasteiger partial charge on any atom is 0.303 e. The summed E-state index contributed by atoms with van der Waals surface area (Å²) in [7, 11) is 3.20. The predicted molar refractivity (Wildman–Crippen MR) is 82.1 cm³/mol. The fourth-order valence-electron chi connectivity index (χ4n) is 2.47. The number of hydrogen-bond acceptors (Lipinski definition) is 4. The van der Waals surface area contributed by atoms with Crippen molar-refractivity contribution in [1.82, 2.24) is 9.78 Å². The molecule has 0 fully saturated rings. The molecule has 0 aliphatic rings. The lowest BCUT2D eigenvalue weighted by Crippen LogP contribution is -2.03. The summed E-state index contributed by atoms with van der Waals surface area (Å²) in [6, 6.07) is 5.49. The first kappa shape index (κ1) is 15.9. The van der Waals surface area contributed by atoms with Crippen molar-refractivity contribution in [2.75, 3.05) is 14.2 Å². The van der Waals surface area contributed by atoms with Gasteiger partial charge in [-0.05, 0) is 38.0 Å². The van der Waals surface area contributed by atoms with Crippen molar-refractivity contribution >= 4 is 5.97 Å². The summed E-state index contributed by atoms with van der Waals surface area (Å²) in [5.41, 5.74) is 3.45. The average Bonchev–Trinajstić information content (AvgIpc) is 2.79. The van der Waals surface area contributed by atoms with Gasteiger partial charge in [0.1, 0.15) is 17.2 Å². The molecule has 0 aliphatic carbocycles. The fourth-order valence-corrected chi connectivity index (χ4v) is 2.47. The summed E-state index contributed by atoms with van der Waals surface area (Å²) in [5, 5.41) is 13.4. The zero-order valence-electron chi connectivity index (χ0n) is 13.2. The molecule has 0 radical (unpaired) electrons. The van der Waals surface area contributed by atoms with E-state index in [1.54, 1.807) is 18.9 Å². The molecule has 0 unspecified atom stereocenters. The van der Waals surface area contributed by atoms with Crippen LogP contribution in [0, 0.1) is 13.8 Å². The van der Waals surface area contributed by atoms with Gasteiger partial charge in [-0.2, -0.15) is 5.10 Å². The summed E-state index contributed by atoms with van der Waals surface area (Å²) < 4.78 is 12.4. The van der Waals surface area contributed by atoms with E-state index in [9.17, 15) is 4.79 Å². The van der Waals surface area contributed by atoms with E-state index in [0.717, 1.165) is 22.6 Å². The molecule has 22 heavy (non-hydrogen) atoms. The van der Waals surface area contributed by atoms with Crippen molar-refractivity contribution in [3.63, 3.8) is 0 Å². The topological polar surface area (TPSA) is 73.6 Å². The second-order valence-electron chi connectivity index (χ2n) is 4.99. The van der Waals surface area contributed by atoms with Crippen LogP contribution >= 0.6 is 0 Å². The number of aliphatic carboxylic acids is 1. The SMILES string of the molecule is COc1ccc(OC)c(-n2nc(C)c(CCC(=O)O)c2C)c1. The zero-order chi connectivity index (χ0) is 16.3. The van der Waals surface area contributed by atoms with Crippen molar-refractivity contribution in [1.29, 1.82) is 0 Å². The minimum Gasteiger partial charge on any atom is -0.497 e. The van der Waals surface area contributed by atoms with Crippen LogP contribution < -0.4 is 9.47 Å². The number of methoxy groups -OCH3 is 2. The summed E-state index contributed by atoms with van der Waals surface area (Å²) in [5.74, 6) is 0.567. The molecule has 0 atom stereocenters. The molecule has 6 nitrogen and oxygen atoms in total. The molecular formula is C16H20N2O4. The third-order valence-electron chi connectivity index (χ3n) is 3.64. The number of carboxylic acid groups (broad SMARTS) is 1. The largest absolute Gasteiger partial charge is 0.497 e. The standard InChI is InChI=1S/C16H20N2O4/c1-10-13(6-8-16(19)20)11(2)18(17-10)14-9-12(21-3)5-7-15(14)22-4/h5,7,9H,6,8H2,1-4H3,(H,19,20). The Kier molecular flexibility index (Phi) is 4.70. The summed E-state index contributed by atoms with van der Waals surface area (Å²) >= 11 is 0. The van der Waals surface area contributed by atoms with Crippen molar-refractivity contribution < 1.29 is 19.4 Å². The molecule has 118 valence electrons. The Morgan fingerprint density at radius 3 is 2.59 bits per heavy atom. The normalized spacial score (nSPS) is 10.5. The number of nitrogens with zero attached hydrogens (tertiary/aromatic N) is 2. The molecule has 1 aromatic carbocycles. The number of aryl methyl sites for hydroxylation is 1. The van der Waals surface area contributed by atoms with Crippen LogP contribution in [-0.2, 0) is 11.2 Å². The van der Waals surface area contributed by atoms with Gasteiger partial charge in [-0.25, -0.2) is 4.68 Å². The molecule has 0 spiro atoms. The minimum atomic E-state index is -0.814. The number of ether oxygens (including phenoxy) is 2. The second kappa shape index (κ2) is 6.51. The lowest BCUT2D eigenvalue weighted by molar-refractivity contribution is -0.136. The van der Waals surface area contributed by atoms with E-state index in [2.05, 4.69) is 5.10 Å². The maximum atomic E-state index is 10.8. The first-order valence-electron chi connectivity index (χ1n) is 6.97. The monoisotopic (exact) mass is 304 g/mol. The van der Waals surface area contributed by atoms with Crippen LogP contribution in [0.15, 0.2) is 18.2 Å². The van der Waals surface area contributed by atoms with Gasteiger partial charge >= 0.3 is 5.97 Å². The van der Waals surface area contributed by atoms with Crippen molar-refractivity contribution in [3.05, 3.63) is 35.2 Å². The second-order valence-corrected chi connectivity index (χ2v) is 4.99. The highest BCUT2D eigenvalue weighted by Crippen LogP contribution is 2.29. The Labute approximate surface area is 129 Å². The molecule has 0 saturated carbocycles. The van der Waals surface area contributed by atoms with Crippen LogP contribution in [0.25, 0.3) is 5.69 Å². The molecule has 1 heterocycles. The van der Waals surface area contributed by atoms with Crippen LogP contribution in [0.2, 0.25) is 0 Å². The van der Waals surface area contributed by atoms with E-state index in [1.807, 2.05) is 32.0 Å². The van der Waals surface area contributed by atoms with Gasteiger partial charge in [0, 0.05) is 18.2 Å². The van der Waals surface area contributed by atoms with Gasteiger partial charge in [0.05, 0.1) is 19.9 Å². The first-order valence-corrected chi connectivity index (χ1v) is 6.97. The lowest BCUT2D eigenvalue weighted by Gasteiger charge is -2.12. The maximum absolute atomic E-state index is 10.8. The average molecular weight is 304 g/mol. The van der Waals surface area contributed by atoms with Gasteiger partial charge in [0.2, 0.25) is 0 Å². The smallest absolute Gasteiger partial charge is 0.303 e. The molecule has 1 aromatic heterocycles. The van der Waals surface area contributed by atoms with E-state index in [0.29, 0.717) is 17.9 Å². The van der Waals surface area contributed by atoms with Gasteiger partial charge in [-0.1, -0.05) is 0 Å². The van der Waals surface area contributed by atoms with Crippen LogP contribution in [-0.4, -0.2) is 35.1 Å². The Morgan fingerprint density at radius 2 is 2.00 bits per heavy atom. The first-order chi connectivity index (χ1) is 10.5. The van der Waals surface area contributed by atoms with Gasteiger partial charge in [-0.3, -0.25) is 4.79 Å². The quantitative estimate of drug-likeness (QED) is 0.887. The number of benzene rings is 1. The van der Waals surface area contributed by atoms with E-state index >= 15 is 0 Å². The number of rotatable bonds is 6. The molecule has 0 aliphatic heterocycles. The number of aromatic nitrogens is 2. The van der Waals surface area contributed by atoms with Crippen LogP contribution in [0.3, 0.4) is 0 Å². The van der Waals surface area contributed by atoms with E-state index < -0.39 is 5.97 Å². The van der Waals surface area contributed by atoms with Crippen molar-refractivity contribution in [3.8, 4) is 17.2 Å². The minimum absolute atomic E-state index is 0.0859. The number of carboxylic acids is 1. The van der Waals surface area contributed by atoms with Gasteiger partial charge < -0.3 is 14.6 Å². The number of carbonyl (C=O) groups is 1. The third kappa shape index (κ3) is 3.05. The van der Waals surface area contributed by atoms with Gasteiger partial charge in [0.25, 0.3) is 0 Å². The third-order valence-corrected chi connectivity index (χ3v) is 3.64. The Bertz CT molecular complexity index is 692. The molecule has 1 N–H and O–H groups in total. The summed E-state index contributed by atoms with van der Waals surface area (Å²) in [6.07, 6.45) is 0.544. The van der Waals surface area contributed by atoms with Crippen LogP contribution in [0.4, 0.5) is 0 Å². The summed E-state index contributed by atoms with van der Waals surface area (Å²) in [6.45, 7) is 3.81. The van der Waals surface area contributed by atoms with Crippen LogP contribution in [0.5, 0.6) is 11.5 Å². The molecule has 2 aromatic rings. The highest BCUT2D eigenvalue weighted by atomic mass is 16.5. The zero-order valence-corrected chi connectivity index (χ0v) is 13.2. The highest BCUT2D eigenvalue weighted by molar-refractivity contribution is 5.67. The lowest BCUT2D eigenvalue weighted by atomic mass is 10.1. The molecule has 0 amide bonds. The number of hydrogen-bond donors (Lipinski definition) is 1. The Balaban J connectivity index is 2.49. The Hall–Kier alpha value is -2.50. The van der Waals surface area contributed by atoms with Crippen molar-refractivity contribution in [2.24, 2.45) is 0 Å². The molecule has 2 rings (SSSR count). The Morgan fingerprint density at radius 1 is 1.27 bits per heavy atom. The van der Waals surface area contributed by atoms with Crippen molar-refractivity contribution in [2.45, 2.75) is 26.7 Å². The molecule has 0 saturated heterocycles. The predicted octanol–water partition coefficient (Wildman–Crippen LogP) is 2.52. The van der Waals surface area contributed by atoms with E-state index in [4.69, 9.17) is 14.6 Å².